The fourth-order valence-electron chi connectivity index (χ4n) is 1.88. The monoisotopic (exact) mass is 359 g/mol. The number of ether oxygens (including phenoxy) is 3. The summed E-state index contributed by atoms with van der Waals surface area (Å²) in [6, 6.07) is 7.68. The summed E-state index contributed by atoms with van der Waals surface area (Å²) in [5.41, 5.74) is 1.06. The van der Waals surface area contributed by atoms with Crippen LogP contribution < -0.4 is 9.46 Å². The molecule has 0 aliphatic heterocycles. The average molecular weight is 359 g/mol. The molecule has 138 valence electrons. The van der Waals surface area contributed by atoms with Crippen molar-refractivity contribution < 1.29 is 22.6 Å². The Labute approximate surface area is 145 Å². The van der Waals surface area contributed by atoms with Crippen molar-refractivity contribution in [3.8, 4) is 5.75 Å². The third kappa shape index (κ3) is 7.61. The fourth-order valence-corrected chi connectivity index (χ4v) is 2.70. The molecule has 0 aromatic heterocycles. The Bertz CT molecular complexity index is 557. The molecule has 1 rings (SSSR count). The van der Waals surface area contributed by atoms with Gasteiger partial charge in [0, 0.05) is 13.7 Å². The van der Waals surface area contributed by atoms with Crippen LogP contribution in [0.2, 0.25) is 0 Å². The van der Waals surface area contributed by atoms with Gasteiger partial charge in [-0.2, -0.15) is 0 Å². The summed E-state index contributed by atoms with van der Waals surface area (Å²) >= 11 is 0. The zero-order valence-electron chi connectivity index (χ0n) is 14.9. The molecule has 0 spiro atoms. The molecule has 1 N–H and O–H groups in total. The molecule has 0 heterocycles. The summed E-state index contributed by atoms with van der Waals surface area (Å²) in [6.07, 6.45) is 0. The molecule has 0 radical (unpaired) electrons. The van der Waals surface area contributed by atoms with Gasteiger partial charge >= 0.3 is 0 Å². The molecule has 1 aromatic rings. The van der Waals surface area contributed by atoms with Gasteiger partial charge in [0.05, 0.1) is 25.1 Å². The van der Waals surface area contributed by atoms with Gasteiger partial charge < -0.3 is 14.2 Å². The van der Waals surface area contributed by atoms with Crippen molar-refractivity contribution in [2.24, 2.45) is 0 Å². The first kappa shape index (κ1) is 20.9. The summed E-state index contributed by atoms with van der Waals surface area (Å²) in [5, 5.41) is -0.424. The van der Waals surface area contributed by atoms with Gasteiger partial charge in [-0.3, -0.25) is 0 Å². The van der Waals surface area contributed by atoms with Gasteiger partial charge in [-0.15, -0.1) is 0 Å². The highest BCUT2D eigenvalue weighted by molar-refractivity contribution is 7.90. The van der Waals surface area contributed by atoms with Gasteiger partial charge in [0.1, 0.15) is 12.4 Å². The molecule has 0 amide bonds. The van der Waals surface area contributed by atoms with E-state index < -0.39 is 15.3 Å². The smallest absolute Gasteiger partial charge is 0.213 e. The van der Waals surface area contributed by atoms with E-state index in [2.05, 4.69) is 4.72 Å². The minimum absolute atomic E-state index is 0.0879. The molecule has 7 heteroatoms. The van der Waals surface area contributed by atoms with E-state index in [1.165, 1.54) is 0 Å². The van der Waals surface area contributed by atoms with Crippen LogP contribution in [-0.4, -0.2) is 53.7 Å². The van der Waals surface area contributed by atoms with Crippen molar-refractivity contribution in [3.63, 3.8) is 0 Å². The normalized spacial score (nSPS) is 13.2. The summed E-state index contributed by atoms with van der Waals surface area (Å²) in [4.78, 5) is 0. The topological polar surface area (TPSA) is 73.9 Å². The second-order valence-corrected chi connectivity index (χ2v) is 8.19. The number of benzene rings is 1. The van der Waals surface area contributed by atoms with Crippen LogP contribution >= 0.6 is 0 Å². The lowest BCUT2D eigenvalue weighted by Gasteiger charge is -2.15. The van der Waals surface area contributed by atoms with E-state index in [1.807, 2.05) is 31.2 Å². The molecular formula is C17H29NO5S. The number of methoxy groups -OCH3 is 1. The molecule has 0 bridgehead atoms. The van der Waals surface area contributed by atoms with Crippen molar-refractivity contribution in [1.29, 1.82) is 0 Å². The summed E-state index contributed by atoms with van der Waals surface area (Å²) in [6.45, 7) is 7.83. The van der Waals surface area contributed by atoms with E-state index >= 15 is 0 Å². The van der Waals surface area contributed by atoms with Crippen LogP contribution in [0.5, 0.6) is 5.75 Å². The van der Waals surface area contributed by atoms with E-state index in [1.54, 1.807) is 21.0 Å². The number of hydrogen-bond donors (Lipinski definition) is 1. The Morgan fingerprint density at radius 1 is 1.00 bits per heavy atom. The molecule has 0 saturated heterocycles. The molecular weight excluding hydrogens is 330 g/mol. The number of hydrogen-bond acceptors (Lipinski definition) is 5. The maximum atomic E-state index is 11.8. The Morgan fingerprint density at radius 2 is 1.62 bits per heavy atom. The van der Waals surface area contributed by atoms with Gasteiger partial charge in [0.15, 0.2) is 0 Å². The molecule has 0 aliphatic carbocycles. The summed E-state index contributed by atoms with van der Waals surface area (Å²) < 4.78 is 42.0. The minimum Gasteiger partial charge on any atom is -0.491 e. The quantitative estimate of drug-likeness (QED) is 0.579. The highest BCUT2D eigenvalue weighted by Gasteiger charge is 2.16. The molecule has 0 saturated carbocycles. The predicted octanol–water partition coefficient (Wildman–Crippen LogP) is 2.16. The lowest BCUT2D eigenvalue weighted by molar-refractivity contribution is 0.0544. The van der Waals surface area contributed by atoms with Crippen LogP contribution in [0.25, 0.3) is 0 Å². The molecule has 6 nitrogen and oxygen atoms in total. The number of nitrogens with one attached hydrogen (secondary N) is 1. The molecule has 1 unspecified atom stereocenters. The first-order chi connectivity index (χ1) is 11.4. The summed E-state index contributed by atoms with van der Waals surface area (Å²) in [7, 11) is -1.59. The maximum Gasteiger partial charge on any atom is 0.213 e. The van der Waals surface area contributed by atoms with E-state index in [9.17, 15) is 8.42 Å². The highest BCUT2D eigenvalue weighted by atomic mass is 32.2. The van der Waals surface area contributed by atoms with Gasteiger partial charge in [-0.25, -0.2) is 13.1 Å². The van der Waals surface area contributed by atoms with E-state index in [4.69, 9.17) is 14.2 Å². The van der Waals surface area contributed by atoms with Gasteiger partial charge in [0.2, 0.25) is 10.0 Å². The van der Waals surface area contributed by atoms with Gasteiger partial charge in [-0.1, -0.05) is 19.1 Å². The van der Waals surface area contributed by atoms with Crippen molar-refractivity contribution in [3.05, 3.63) is 29.8 Å². The third-order valence-corrected chi connectivity index (χ3v) is 5.40. The van der Waals surface area contributed by atoms with Crippen LogP contribution in [0, 0.1) is 0 Å². The molecule has 0 fully saturated rings. The maximum absolute atomic E-state index is 11.8. The first-order valence-corrected chi connectivity index (χ1v) is 9.69. The van der Waals surface area contributed by atoms with Crippen LogP contribution in [0.1, 0.15) is 32.3 Å². The zero-order chi connectivity index (χ0) is 18.0. The lowest BCUT2D eigenvalue weighted by atomic mass is 10.0. The molecule has 24 heavy (non-hydrogen) atoms. The Balaban J connectivity index is 2.38. The van der Waals surface area contributed by atoms with Crippen molar-refractivity contribution in [2.45, 2.75) is 31.9 Å². The van der Waals surface area contributed by atoms with Crippen molar-refractivity contribution in [1.82, 2.24) is 4.72 Å². The first-order valence-electron chi connectivity index (χ1n) is 8.14. The van der Waals surface area contributed by atoms with Crippen LogP contribution in [0.4, 0.5) is 0 Å². The van der Waals surface area contributed by atoms with Gasteiger partial charge in [0.25, 0.3) is 0 Å². The molecule has 0 aliphatic rings. The highest BCUT2D eigenvalue weighted by Crippen LogP contribution is 2.19. The fraction of sp³-hybridized carbons (Fsp3) is 0.647. The number of sulfonamides is 1. The van der Waals surface area contributed by atoms with E-state index in [0.717, 1.165) is 11.3 Å². The SMILES string of the molecule is COCCOCCOc1ccc(C(C)CNS(=O)(=O)C(C)C)cc1. The van der Waals surface area contributed by atoms with Crippen molar-refractivity contribution in [2.75, 3.05) is 40.1 Å². The van der Waals surface area contributed by atoms with Crippen molar-refractivity contribution >= 4 is 10.0 Å². The number of rotatable bonds is 12. The largest absolute Gasteiger partial charge is 0.491 e. The van der Waals surface area contributed by atoms with Crippen LogP contribution in [0.3, 0.4) is 0 Å². The lowest BCUT2D eigenvalue weighted by Crippen LogP contribution is -2.33. The third-order valence-electron chi connectivity index (χ3n) is 3.59. The van der Waals surface area contributed by atoms with Gasteiger partial charge in [-0.05, 0) is 37.5 Å². The van der Waals surface area contributed by atoms with E-state index in [0.29, 0.717) is 33.0 Å². The van der Waals surface area contributed by atoms with Crippen LogP contribution in [0.15, 0.2) is 24.3 Å². The molecule has 1 aromatic carbocycles. The van der Waals surface area contributed by atoms with E-state index in [-0.39, 0.29) is 5.92 Å². The Kier molecular flexibility index (Phi) is 9.28. The average Bonchev–Trinajstić information content (AvgIpc) is 2.56. The minimum atomic E-state index is -3.23. The zero-order valence-corrected chi connectivity index (χ0v) is 15.8. The van der Waals surface area contributed by atoms with Crippen LogP contribution in [-0.2, 0) is 19.5 Å². The predicted molar refractivity (Wildman–Crippen MR) is 95.1 cm³/mol. The second kappa shape index (κ2) is 10.7. The molecule has 1 atom stereocenters. The summed E-state index contributed by atoms with van der Waals surface area (Å²) in [5.74, 6) is 0.856. The Hall–Kier alpha value is -1.15. The standard InChI is InChI=1S/C17H29NO5S/c1-14(2)24(19,20)18-13-15(3)16-5-7-17(8-6-16)23-12-11-22-10-9-21-4/h5-8,14-15,18H,9-13H2,1-4H3. The second-order valence-electron chi connectivity index (χ2n) is 5.87. The Morgan fingerprint density at radius 3 is 2.21 bits per heavy atom.